The molecule has 0 heterocycles. The van der Waals surface area contributed by atoms with Gasteiger partial charge in [-0.25, -0.2) is 0 Å². The zero-order chi connectivity index (χ0) is 12.9. The summed E-state index contributed by atoms with van der Waals surface area (Å²) < 4.78 is 0. The van der Waals surface area contributed by atoms with E-state index in [0.717, 1.165) is 5.56 Å². The summed E-state index contributed by atoms with van der Waals surface area (Å²) in [5.41, 5.74) is 0.275. The maximum absolute atomic E-state index is 10.1. The van der Waals surface area contributed by atoms with E-state index < -0.39 is 5.60 Å². The average molecular weight is 237 g/mol. The summed E-state index contributed by atoms with van der Waals surface area (Å²) >= 11 is 0. The molecule has 0 saturated heterocycles. The Morgan fingerprint density at radius 2 is 1.82 bits per heavy atom. The van der Waals surface area contributed by atoms with Crippen LogP contribution in [0, 0.1) is 5.92 Å². The van der Waals surface area contributed by atoms with E-state index in [9.17, 15) is 10.2 Å². The van der Waals surface area contributed by atoms with Gasteiger partial charge >= 0.3 is 0 Å². The molecule has 3 heteroatoms. The Morgan fingerprint density at radius 3 is 2.29 bits per heavy atom. The summed E-state index contributed by atoms with van der Waals surface area (Å²) in [5.74, 6) is 0.171. The summed E-state index contributed by atoms with van der Waals surface area (Å²) in [6.07, 6.45) is 0. The van der Waals surface area contributed by atoms with Crippen LogP contribution in [0.3, 0.4) is 0 Å². The van der Waals surface area contributed by atoms with Gasteiger partial charge in [0.1, 0.15) is 0 Å². The van der Waals surface area contributed by atoms with E-state index in [1.54, 1.807) is 0 Å². The van der Waals surface area contributed by atoms with Gasteiger partial charge < -0.3 is 15.5 Å². The first-order valence-electron chi connectivity index (χ1n) is 6.09. The molecule has 3 nitrogen and oxygen atoms in total. The van der Waals surface area contributed by atoms with Crippen molar-refractivity contribution in [2.24, 2.45) is 5.92 Å². The van der Waals surface area contributed by atoms with E-state index in [-0.39, 0.29) is 18.6 Å². The number of rotatable bonds is 6. The Bertz CT molecular complexity index is 322. The molecule has 96 valence electrons. The first kappa shape index (κ1) is 14.2. The van der Waals surface area contributed by atoms with Gasteiger partial charge in [0, 0.05) is 6.54 Å². The fourth-order valence-electron chi connectivity index (χ4n) is 1.51. The van der Waals surface area contributed by atoms with Gasteiger partial charge in [-0.15, -0.1) is 0 Å². The van der Waals surface area contributed by atoms with Crippen LogP contribution in [0.4, 0.5) is 0 Å². The molecular weight excluding hydrogens is 214 g/mol. The lowest BCUT2D eigenvalue weighted by Crippen LogP contribution is -2.44. The molecule has 0 aromatic heterocycles. The average Bonchev–Trinajstić information content (AvgIpc) is 2.31. The summed E-state index contributed by atoms with van der Waals surface area (Å²) in [7, 11) is 0. The Hall–Kier alpha value is -0.900. The minimum absolute atomic E-state index is 0.0260. The molecule has 17 heavy (non-hydrogen) atoms. The largest absolute Gasteiger partial charge is 0.394 e. The van der Waals surface area contributed by atoms with Crippen LogP contribution in [0.15, 0.2) is 30.3 Å². The third-order valence-electron chi connectivity index (χ3n) is 3.33. The van der Waals surface area contributed by atoms with Crippen molar-refractivity contribution in [3.8, 4) is 0 Å². The van der Waals surface area contributed by atoms with Gasteiger partial charge in [-0.2, -0.15) is 0 Å². The van der Waals surface area contributed by atoms with Gasteiger partial charge in [-0.05, 0) is 18.4 Å². The monoisotopic (exact) mass is 237 g/mol. The number of hydrogen-bond donors (Lipinski definition) is 3. The number of aliphatic hydroxyl groups excluding tert-OH is 1. The first-order chi connectivity index (χ1) is 7.97. The molecule has 0 radical (unpaired) electrons. The van der Waals surface area contributed by atoms with Gasteiger partial charge in [0.15, 0.2) is 0 Å². The van der Waals surface area contributed by atoms with Crippen LogP contribution in [0.2, 0.25) is 0 Å². The molecule has 0 fully saturated rings. The third kappa shape index (κ3) is 4.11. The van der Waals surface area contributed by atoms with Crippen molar-refractivity contribution in [3.05, 3.63) is 35.9 Å². The van der Waals surface area contributed by atoms with Gasteiger partial charge in [-0.1, -0.05) is 44.2 Å². The van der Waals surface area contributed by atoms with Crippen LogP contribution in [-0.2, 0) is 0 Å². The van der Waals surface area contributed by atoms with Crippen LogP contribution in [0.1, 0.15) is 32.4 Å². The highest BCUT2D eigenvalue weighted by Gasteiger charge is 2.25. The van der Waals surface area contributed by atoms with Crippen molar-refractivity contribution >= 4 is 0 Å². The number of benzene rings is 1. The van der Waals surface area contributed by atoms with E-state index in [0.29, 0.717) is 6.54 Å². The maximum Gasteiger partial charge on any atom is 0.0766 e. The zero-order valence-corrected chi connectivity index (χ0v) is 10.9. The van der Waals surface area contributed by atoms with Crippen molar-refractivity contribution in [1.29, 1.82) is 0 Å². The minimum atomic E-state index is -0.762. The Labute approximate surface area is 103 Å². The van der Waals surface area contributed by atoms with E-state index >= 15 is 0 Å². The highest BCUT2D eigenvalue weighted by molar-refractivity contribution is 5.18. The predicted molar refractivity (Wildman–Crippen MR) is 69.7 cm³/mol. The van der Waals surface area contributed by atoms with E-state index in [1.165, 1.54) is 0 Å². The van der Waals surface area contributed by atoms with Crippen molar-refractivity contribution in [3.63, 3.8) is 0 Å². The molecule has 3 N–H and O–H groups in total. The molecule has 2 unspecified atom stereocenters. The van der Waals surface area contributed by atoms with Gasteiger partial charge in [0.05, 0.1) is 18.2 Å². The topological polar surface area (TPSA) is 52.5 Å². The standard InChI is InChI=1S/C14H23NO2/c1-11(2)14(3,17)10-15-13(9-16)12-7-5-4-6-8-12/h4-8,11,13,15-17H,9-10H2,1-3H3. The quantitative estimate of drug-likeness (QED) is 0.706. The minimum Gasteiger partial charge on any atom is -0.394 e. The lowest BCUT2D eigenvalue weighted by Gasteiger charge is -2.30. The lowest BCUT2D eigenvalue weighted by atomic mass is 9.92. The molecule has 0 saturated carbocycles. The Balaban J connectivity index is 2.60. The lowest BCUT2D eigenvalue weighted by molar-refractivity contribution is 0.00998. The molecule has 1 rings (SSSR count). The van der Waals surface area contributed by atoms with Gasteiger partial charge in [0.2, 0.25) is 0 Å². The van der Waals surface area contributed by atoms with E-state index in [2.05, 4.69) is 5.32 Å². The number of nitrogens with one attached hydrogen (secondary N) is 1. The van der Waals surface area contributed by atoms with Gasteiger partial charge in [0.25, 0.3) is 0 Å². The summed E-state index contributed by atoms with van der Waals surface area (Å²) in [6.45, 7) is 6.27. The Morgan fingerprint density at radius 1 is 1.24 bits per heavy atom. The molecule has 0 aliphatic heterocycles. The molecule has 0 aliphatic carbocycles. The van der Waals surface area contributed by atoms with Crippen molar-refractivity contribution in [2.75, 3.05) is 13.2 Å². The zero-order valence-electron chi connectivity index (χ0n) is 10.9. The van der Waals surface area contributed by atoms with Crippen LogP contribution in [-0.4, -0.2) is 29.0 Å². The second-order valence-corrected chi connectivity index (χ2v) is 5.04. The molecule has 1 aromatic carbocycles. The SMILES string of the molecule is CC(C)C(C)(O)CNC(CO)c1ccccc1. The number of hydrogen-bond acceptors (Lipinski definition) is 3. The fraction of sp³-hybridized carbons (Fsp3) is 0.571. The molecule has 2 atom stereocenters. The summed E-state index contributed by atoms with van der Waals surface area (Å²) in [6, 6.07) is 9.65. The predicted octanol–water partition coefficient (Wildman–Crippen LogP) is 1.72. The highest BCUT2D eigenvalue weighted by Crippen LogP contribution is 2.17. The molecule has 0 aliphatic rings. The van der Waals surface area contributed by atoms with E-state index in [4.69, 9.17) is 0 Å². The fourth-order valence-corrected chi connectivity index (χ4v) is 1.51. The smallest absolute Gasteiger partial charge is 0.0766 e. The van der Waals surface area contributed by atoms with Crippen molar-refractivity contribution < 1.29 is 10.2 Å². The maximum atomic E-state index is 10.1. The van der Waals surface area contributed by atoms with Gasteiger partial charge in [-0.3, -0.25) is 0 Å². The van der Waals surface area contributed by atoms with Crippen molar-refractivity contribution in [1.82, 2.24) is 5.32 Å². The molecular formula is C14H23NO2. The number of aliphatic hydroxyl groups is 2. The Kier molecular flexibility index (Phi) is 5.12. The third-order valence-corrected chi connectivity index (χ3v) is 3.33. The van der Waals surface area contributed by atoms with E-state index in [1.807, 2.05) is 51.1 Å². The second kappa shape index (κ2) is 6.15. The van der Waals surface area contributed by atoms with Crippen LogP contribution >= 0.6 is 0 Å². The molecule has 1 aromatic rings. The first-order valence-corrected chi connectivity index (χ1v) is 6.09. The van der Waals surface area contributed by atoms with Crippen LogP contribution in [0.25, 0.3) is 0 Å². The van der Waals surface area contributed by atoms with Crippen molar-refractivity contribution in [2.45, 2.75) is 32.4 Å². The van der Waals surface area contributed by atoms with Crippen LogP contribution < -0.4 is 5.32 Å². The normalized spacial score (nSPS) is 16.8. The summed E-state index contributed by atoms with van der Waals surface area (Å²) in [4.78, 5) is 0. The second-order valence-electron chi connectivity index (χ2n) is 5.04. The van der Waals surface area contributed by atoms with Crippen LogP contribution in [0.5, 0.6) is 0 Å². The summed E-state index contributed by atoms with van der Waals surface area (Å²) in [5, 5.41) is 22.7. The molecule has 0 amide bonds. The highest BCUT2D eigenvalue weighted by atomic mass is 16.3. The molecule has 0 spiro atoms. The molecule has 0 bridgehead atoms.